The van der Waals surface area contributed by atoms with Gasteiger partial charge in [-0.25, -0.2) is 4.79 Å². The molecule has 1 aliphatic heterocycles. The molecule has 1 aromatic heterocycles. The Morgan fingerprint density at radius 3 is 2.62 bits per heavy atom. The number of halogens is 2. The normalized spacial score (nSPS) is 16.6. The number of anilines is 1. The highest BCUT2D eigenvalue weighted by molar-refractivity contribution is 6.42. The minimum absolute atomic E-state index is 0.229. The molecule has 8 heteroatoms. The highest BCUT2D eigenvalue weighted by Gasteiger charge is 2.25. The van der Waals surface area contributed by atoms with Crippen LogP contribution in [0, 0.1) is 0 Å². The first-order chi connectivity index (χ1) is 11.4. The van der Waals surface area contributed by atoms with Gasteiger partial charge in [-0.05, 0) is 17.7 Å². The summed E-state index contributed by atoms with van der Waals surface area (Å²) in [5, 5.41) is 4.31. The van der Waals surface area contributed by atoms with E-state index in [9.17, 15) is 9.59 Å². The summed E-state index contributed by atoms with van der Waals surface area (Å²) in [4.78, 5) is 25.5. The number of quaternary nitrogens is 1. The molecular weight excluding hydrogens is 351 g/mol. The molecule has 3 rings (SSSR count). The maximum absolute atomic E-state index is 12.4. The lowest BCUT2D eigenvalue weighted by Crippen LogP contribution is -3.13. The van der Waals surface area contributed by atoms with Crippen LogP contribution in [0.2, 0.25) is 10.0 Å². The van der Waals surface area contributed by atoms with Crippen molar-refractivity contribution in [2.75, 3.05) is 18.5 Å². The summed E-state index contributed by atoms with van der Waals surface area (Å²) in [7, 11) is 3.18. The van der Waals surface area contributed by atoms with Crippen molar-refractivity contribution < 1.29 is 4.90 Å². The molecule has 0 radical (unpaired) electrons. The first-order valence-corrected chi connectivity index (χ1v) is 8.44. The summed E-state index contributed by atoms with van der Waals surface area (Å²) >= 11 is 12.0. The average Bonchev–Trinajstić information content (AvgIpc) is 2.59. The predicted octanol–water partition coefficient (Wildman–Crippen LogP) is 0.401. The van der Waals surface area contributed by atoms with Crippen molar-refractivity contribution in [3.63, 3.8) is 0 Å². The third-order valence-corrected chi connectivity index (χ3v) is 5.18. The Morgan fingerprint density at radius 1 is 1.17 bits per heavy atom. The molecule has 0 amide bonds. The summed E-state index contributed by atoms with van der Waals surface area (Å²) in [5.41, 5.74) is 1.21. The van der Waals surface area contributed by atoms with E-state index in [-0.39, 0.29) is 11.2 Å². The van der Waals surface area contributed by atoms with Crippen LogP contribution in [0.5, 0.6) is 0 Å². The molecule has 2 N–H and O–H groups in total. The van der Waals surface area contributed by atoms with Gasteiger partial charge >= 0.3 is 5.69 Å². The zero-order valence-corrected chi connectivity index (χ0v) is 15.0. The molecule has 128 valence electrons. The fourth-order valence-corrected chi connectivity index (χ4v) is 3.33. The number of hydrogen-bond donors (Lipinski definition) is 2. The van der Waals surface area contributed by atoms with E-state index in [1.807, 2.05) is 12.1 Å². The summed E-state index contributed by atoms with van der Waals surface area (Å²) in [6.07, 6.45) is 0.829. The molecule has 1 unspecified atom stereocenters. The Bertz CT molecular complexity index is 904. The third kappa shape index (κ3) is 3.09. The van der Waals surface area contributed by atoms with Gasteiger partial charge in [0.15, 0.2) is 6.67 Å². The van der Waals surface area contributed by atoms with Crippen LogP contribution in [0.4, 0.5) is 5.82 Å². The van der Waals surface area contributed by atoms with Gasteiger partial charge in [-0.1, -0.05) is 29.3 Å². The topological polar surface area (TPSA) is 60.5 Å². The van der Waals surface area contributed by atoms with E-state index in [1.54, 1.807) is 13.1 Å². The summed E-state index contributed by atoms with van der Waals surface area (Å²) in [6, 6.07) is 5.63. The second-order valence-electron chi connectivity index (χ2n) is 6.06. The lowest BCUT2D eigenvalue weighted by Gasteiger charge is -2.28. The Hall–Kier alpha value is -1.76. The molecule has 1 aliphatic rings. The highest BCUT2D eigenvalue weighted by atomic mass is 35.5. The monoisotopic (exact) mass is 369 g/mol. The maximum Gasteiger partial charge on any atom is 0.332 e. The molecule has 0 aliphatic carbocycles. The van der Waals surface area contributed by atoms with Crippen molar-refractivity contribution >= 4 is 29.0 Å². The molecule has 6 nitrogen and oxygen atoms in total. The van der Waals surface area contributed by atoms with Crippen molar-refractivity contribution in [1.29, 1.82) is 0 Å². The van der Waals surface area contributed by atoms with E-state index in [1.165, 1.54) is 16.5 Å². The van der Waals surface area contributed by atoms with Crippen LogP contribution >= 0.6 is 23.2 Å². The molecule has 24 heavy (non-hydrogen) atoms. The van der Waals surface area contributed by atoms with Crippen LogP contribution in [0.1, 0.15) is 11.1 Å². The van der Waals surface area contributed by atoms with Crippen LogP contribution in [0.25, 0.3) is 0 Å². The van der Waals surface area contributed by atoms with E-state index in [4.69, 9.17) is 23.2 Å². The van der Waals surface area contributed by atoms with E-state index in [0.29, 0.717) is 34.6 Å². The Labute approximate surface area is 149 Å². The van der Waals surface area contributed by atoms with Crippen LogP contribution in [0.3, 0.4) is 0 Å². The Kier molecular flexibility index (Phi) is 4.71. The molecule has 0 saturated carbocycles. The third-order valence-electron chi connectivity index (χ3n) is 4.44. The fraction of sp³-hybridized carbons (Fsp3) is 0.375. The molecule has 2 aromatic rings. The van der Waals surface area contributed by atoms with Gasteiger partial charge in [0.1, 0.15) is 17.9 Å². The molecule has 0 spiro atoms. The largest absolute Gasteiger partial charge is 0.332 e. The molecule has 0 bridgehead atoms. The molecule has 1 aromatic carbocycles. The van der Waals surface area contributed by atoms with Crippen molar-refractivity contribution in [2.24, 2.45) is 14.1 Å². The first kappa shape index (κ1) is 17.1. The lowest BCUT2D eigenvalue weighted by molar-refractivity contribution is -0.912. The summed E-state index contributed by atoms with van der Waals surface area (Å²) in [5.74, 6) is 0.626. The van der Waals surface area contributed by atoms with Gasteiger partial charge in [0, 0.05) is 20.5 Å². The van der Waals surface area contributed by atoms with Gasteiger partial charge in [-0.3, -0.25) is 13.9 Å². The standard InChI is InChI=1S/C16H18Cl2N4O2/c1-20-14-11(15(23)21(2)16(20)24)8-22(9-19-14)6-5-10-3-4-12(17)13(18)7-10/h3-4,7,19H,5-6,8-9H2,1-2H3/p+1. The predicted molar refractivity (Wildman–Crippen MR) is 95.1 cm³/mol. The minimum atomic E-state index is -0.314. The second kappa shape index (κ2) is 6.63. The Balaban J connectivity index is 1.77. The van der Waals surface area contributed by atoms with Crippen LogP contribution in [-0.2, 0) is 27.1 Å². The fourth-order valence-electron chi connectivity index (χ4n) is 3.01. The molecule has 2 heterocycles. The lowest BCUT2D eigenvalue weighted by atomic mass is 10.1. The van der Waals surface area contributed by atoms with Crippen molar-refractivity contribution in [3.8, 4) is 0 Å². The number of hydrogen-bond acceptors (Lipinski definition) is 3. The minimum Gasteiger partial charge on any atom is -0.324 e. The Morgan fingerprint density at radius 2 is 1.92 bits per heavy atom. The SMILES string of the molecule is Cn1c2c(c(=O)n(C)c1=O)C[NH+](CCc1ccc(Cl)c(Cl)c1)CN2. The quantitative estimate of drug-likeness (QED) is 0.823. The van der Waals surface area contributed by atoms with Gasteiger partial charge in [-0.15, -0.1) is 0 Å². The van der Waals surface area contributed by atoms with Crippen LogP contribution < -0.4 is 21.5 Å². The number of rotatable bonds is 3. The van der Waals surface area contributed by atoms with E-state index >= 15 is 0 Å². The van der Waals surface area contributed by atoms with E-state index in [2.05, 4.69) is 5.32 Å². The van der Waals surface area contributed by atoms with Gasteiger partial charge < -0.3 is 10.2 Å². The smallest absolute Gasteiger partial charge is 0.324 e. The van der Waals surface area contributed by atoms with Gasteiger partial charge in [0.25, 0.3) is 5.56 Å². The number of nitrogens with one attached hydrogen (secondary N) is 2. The molecule has 0 fully saturated rings. The van der Waals surface area contributed by atoms with Crippen LogP contribution in [-0.4, -0.2) is 22.3 Å². The molecule has 0 saturated heterocycles. The van der Waals surface area contributed by atoms with E-state index < -0.39 is 0 Å². The average molecular weight is 370 g/mol. The van der Waals surface area contributed by atoms with Crippen molar-refractivity contribution in [1.82, 2.24) is 9.13 Å². The molecule has 1 atom stereocenters. The van der Waals surface area contributed by atoms with Crippen molar-refractivity contribution in [3.05, 3.63) is 60.2 Å². The summed E-state index contributed by atoms with van der Waals surface area (Å²) in [6.45, 7) is 2.09. The maximum atomic E-state index is 12.4. The van der Waals surface area contributed by atoms with Gasteiger partial charge in [0.2, 0.25) is 0 Å². The highest BCUT2D eigenvalue weighted by Crippen LogP contribution is 2.22. The number of nitrogens with zero attached hydrogens (tertiary/aromatic N) is 2. The summed E-state index contributed by atoms with van der Waals surface area (Å²) < 4.78 is 2.65. The second-order valence-corrected chi connectivity index (χ2v) is 6.88. The zero-order valence-electron chi connectivity index (χ0n) is 13.5. The van der Waals surface area contributed by atoms with Crippen molar-refractivity contribution in [2.45, 2.75) is 13.0 Å². The molecular formula is C16H19Cl2N4O2+. The van der Waals surface area contributed by atoms with Crippen LogP contribution in [0.15, 0.2) is 27.8 Å². The van der Waals surface area contributed by atoms with Gasteiger partial charge in [-0.2, -0.15) is 0 Å². The zero-order chi connectivity index (χ0) is 17.4. The van der Waals surface area contributed by atoms with E-state index in [0.717, 1.165) is 23.1 Å². The number of aromatic nitrogens is 2. The number of benzene rings is 1. The number of fused-ring (bicyclic) bond motifs is 1. The van der Waals surface area contributed by atoms with Gasteiger partial charge in [0.05, 0.1) is 16.6 Å². The first-order valence-electron chi connectivity index (χ1n) is 7.68.